The Morgan fingerprint density at radius 2 is 2.12 bits per heavy atom. The maximum absolute atomic E-state index is 11.2. The topological polar surface area (TPSA) is 51.5 Å². The van der Waals surface area contributed by atoms with Crippen LogP contribution in [0.2, 0.25) is 0 Å². The summed E-state index contributed by atoms with van der Waals surface area (Å²) in [5, 5.41) is 9.17. The lowest BCUT2D eigenvalue weighted by molar-refractivity contribution is 0.0695. The Morgan fingerprint density at radius 1 is 1.44 bits per heavy atom. The van der Waals surface area contributed by atoms with E-state index in [0.29, 0.717) is 31.2 Å². The fourth-order valence-corrected chi connectivity index (χ4v) is 2.26. The first kappa shape index (κ1) is 11.2. The largest absolute Gasteiger partial charge is 0.478 e. The third-order valence-electron chi connectivity index (χ3n) is 3.02. The summed E-state index contributed by atoms with van der Waals surface area (Å²) in [7, 11) is 0. The lowest BCUT2D eigenvalue weighted by Gasteiger charge is -2.12. The van der Waals surface area contributed by atoms with Crippen LogP contribution in [-0.4, -0.2) is 28.9 Å². The van der Waals surface area contributed by atoms with Crippen LogP contribution in [0.4, 0.5) is 0 Å². The molecule has 0 saturated carbocycles. The number of fused-ring (bicyclic) bond motifs is 1. The van der Waals surface area contributed by atoms with E-state index in [1.807, 2.05) is 0 Å². The second-order valence-corrected chi connectivity index (χ2v) is 4.39. The fraction of sp³-hybridized carbons (Fsp3) is 0.583. The minimum atomic E-state index is -0.836. The normalized spacial score (nSPS) is 15.9. The third-order valence-corrected chi connectivity index (χ3v) is 3.02. The molecule has 0 fully saturated rings. The Kier molecular flexibility index (Phi) is 3.01. The van der Waals surface area contributed by atoms with Crippen LogP contribution in [0.5, 0.6) is 0 Å². The molecule has 4 nitrogen and oxygen atoms in total. The molecule has 0 unspecified atom stereocenters. The number of carboxylic acids is 1. The van der Waals surface area contributed by atoms with Crippen molar-refractivity contribution in [1.82, 2.24) is 4.57 Å². The number of hydrogen-bond donors (Lipinski definition) is 1. The molecule has 1 aliphatic rings. The van der Waals surface area contributed by atoms with E-state index < -0.39 is 5.97 Å². The number of aromatic carboxylic acids is 1. The predicted molar refractivity (Wildman–Crippen MR) is 60.0 cm³/mol. The molecule has 2 rings (SSSR count). The van der Waals surface area contributed by atoms with Crippen LogP contribution in [0.1, 0.15) is 41.5 Å². The van der Waals surface area contributed by atoms with Crippen molar-refractivity contribution in [2.24, 2.45) is 0 Å². The number of ether oxygens (including phenoxy) is 1. The van der Waals surface area contributed by atoms with Gasteiger partial charge in [0.2, 0.25) is 0 Å². The molecular weight excluding hydrogens is 206 g/mol. The van der Waals surface area contributed by atoms with Crippen LogP contribution in [0, 0.1) is 0 Å². The second-order valence-electron chi connectivity index (χ2n) is 4.39. The first-order chi connectivity index (χ1) is 7.61. The molecule has 1 aromatic heterocycles. The summed E-state index contributed by atoms with van der Waals surface area (Å²) in [6.45, 7) is 5.44. The Hall–Kier alpha value is -1.29. The number of carbonyl (C=O) groups is 1. The van der Waals surface area contributed by atoms with Gasteiger partial charge in [-0.1, -0.05) is 0 Å². The van der Waals surface area contributed by atoms with Crippen molar-refractivity contribution in [3.8, 4) is 0 Å². The van der Waals surface area contributed by atoms with E-state index in [2.05, 4.69) is 18.4 Å². The molecular formula is C12H17NO3. The Labute approximate surface area is 94.8 Å². The zero-order valence-corrected chi connectivity index (χ0v) is 9.69. The van der Waals surface area contributed by atoms with Crippen LogP contribution in [-0.2, 0) is 17.6 Å². The summed E-state index contributed by atoms with van der Waals surface area (Å²) in [5.74, 6) is -0.836. The highest BCUT2D eigenvalue weighted by Gasteiger charge is 2.22. The minimum Gasteiger partial charge on any atom is -0.478 e. The molecule has 1 aliphatic heterocycles. The molecule has 88 valence electrons. The predicted octanol–water partition coefficient (Wildman–Crippen LogP) is 1.88. The molecule has 0 saturated heterocycles. The van der Waals surface area contributed by atoms with Crippen molar-refractivity contribution >= 4 is 5.97 Å². The molecule has 0 atom stereocenters. The van der Waals surface area contributed by atoms with Gasteiger partial charge in [0.25, 0.3) is 0 Å². The lowest BCUT2D eigenvalue weighted by atomic mass is 10.1. The standard InChI is InChI=1S/C12H17NO3/c1-8(2)13-7-10(12(14)15)9-3-5-16-6-4-11(9)13/h7-8H,3-6H2,1-2H3,(H,14,15). The van der Waals surface area contributed by atoms with Gasteiger partial charge in [0.15, 0.2) is 0 Å². The average molecular weight is 223 g/mol. The first-order valence-electron chi connectivity index (χ1n) is 5.65. The molecule has 0 aliphatic carbocycles. The van der Waals surface area contributed by atoms with Crippen molar-refractivity contribution in [3.63, 3.8) is 0 Å². The SMILES string of the molecule is CC(C)n1cc(C(=O)O)c2c1CCOCC2. The van der Waals surface area contributed by atoms with Gasteiger partial charge in [-0.3, -0.25) is 0 Å². The second kappa shape index (κ2) is 4.29. The molecule has 0 amide bonds. The summed E-state index contributed by atoms with van der Waals surface area (Å²) in [4.78, 5) is 11.2. The van der Waals surface area contributed by atoms with Gasteiger partial charge in [0.1, 0.15) is 0 Å². The highest BCUT2D eigenvalue weighted by Crippen LogP contribution is 2.24. The number of hydrogen-bond acceptors (Lipinski definition) is 2. The van der Waals surface area contributed by atoms with E-state index in [1.54, 1.807) is 6.20 Å². The van der Waals surface area contributed by atoms with Gasteiger partial charge in [-0.05, 0) is 25.8 Å². The van der Waals surface area contributed by atoms with Crippen molar-refractivity contribution in [2.75, 3.05) is 13.2 Å². The smallest absolute Gasteiger partial charge is 0.337 e. The third kappa shape index (κ3) is 1.85. The van der Waals surface area contributed by atoms with Crippen LogP contribution in [0.15, 0.2) is 6.20 Å². The fourth-order valence-electron chi connectivity index (χ4n) is 2.26. The molecule has 0 aromatic carbocycles. The molecule has 2 heterocycles. The average Bonchev–Trinajstić information content (AvgIpc) is 2.41. The summed E-state index contributed by atoms with van der Waals surface area (Å²) in [6, 6.07) is 0.292. The molecule has 1 aromatic rings. The Bertz CT molecular complexity index is 407. The highest BCUT2D eigenvalue weighted by atomic mass is 16.5. The van der Waals surface area contributed by atoms with E-state index in [-0.39, 0.29) is 0 Å². The van der Waals surface area contributed by atoms with E-state index in [1.165, 1.54) is 0 Å². The molecule has 0 bridgehead atoms. The maximum Gasteiger partial charge on any atom is 0.337 e. The van der Waals surface area contributed by atoms with Gasteiger partial charge in [-0.15, -0.1) is 0 Å². The minimum absolute atomic E-state index is 0.292. The Balaban J connectivity index is 2.53. The summed E-state index contributed by atoms with van der Waals surface area (Å²) in [6.07, 6.45) is 3.28. The van der Waals surface area contributed by atoms with Crippen LogP contribution < -0.4 is 0 Å². The number of aromatic nitrogens is 1. The maximum atomic E-state index is 11.2. The van der Waals surface area contributed by atoms with Crippen LogP contribution >= 0.6 is 0 Å². The zero-order valence-electron chi connectivity index (χ0n) is 9.69. The van der Waals surface area contributed by atoms with Crippen molar-refractivity contribution < 1.29 is 14.6 Å². The van der Waals surface area contributed by atoms with Gasteiger partial charge in [0, 0.05) is 24.4 Å². The first-order valence-corrected chi connectivity index (χ1v) is 5.65. The van der Waals surface area contributed by atoms with E-state index in [9.17, 15) is 9.90 Å². The molecule has 4 heteroatoms. The van der Waals surface area contributed by atoms with Crippen LogP contribution in [0.25, 0.3) is 0 Å². The van der Waals surface area contributed by atoms with E-state index in [0.717, 1.165) is 17.7 Å². The van der Waals surface area contributed by atoms with Crippen LogP contribution in [0.3, 0.4) is 0 Å². The zero-order chi connectivity index (χ0) is 11.7. The molecule has 0 radical (unpaired) electrons. The highest BCUT2D eigenvalue weighted by molar-refractivity contribution is 5.89. The van der Waals surface area contributed by atoms with Gasteiger partial charge >= 0.3 is 5.97 Å². The summed E-state index contributed by atoms with van der Waals surface area (Å²) >= 11 is 0. The number of rotatable bonds is 2. The molecule has 16 heavy (non-hydrogen) atoms. The monoisotopic (exact) mass is 223 g/mol. The number of carboxylic acid groups (broad SMARTS) is 1. The molecule has 0 spiro atoms. The van der Waals surface area contributed by atoms with Gasteiger partial charge in [-0.25, -0.2) is 4.79 Å². The quantitative estimate of drug-likeness (QED) is 0.832. The van der Waals surface area contributed by atoms with E-state index >= 15 is 0 Å². The molecule has 1 N–H and O–H groups in total. The van der Waals surface area contributed by atoms with Gasteiger partial charge < -0.3 is 14.4 Å². The Morgan fingerprint density at radius 3 is 2.75 bits per heavy atom. The lowest BCUT2D eigenvalue weighted by Crippen LogP contribution is -2.06. The van der Waals surface area contributed by atoms with Crippen molar-refractivity contribution in [3.05, 3.63) is 23.0 Å². The summed E-state index contributed by atoms with van der Waals surface area (Å²) < 4.78 is 7.46. The van der Waals surface area contributed by atoms with E-state index in [4.69, 9.17) is 4.74 Å². The van der Waals surface area contributed by atoms with Gasteiger partial charge in [-0.2, -0.15) is 0 Å². The number of nitrogens with zero attached hydrogens (tertiary/aromatic N) is 1. The summed E-state index contributed by atoms with van der Waals surface area (Å²) in [5.41, 5.74) is 2.53. The van der Waals surface area contributed by atoms with Crippen molar-refractivity contribution in [1.29, 1.82) is 0 Å². The van der Waals surface area contributed by atoms with Gasteiger partial charge in [0.05, 0.1) is 18.8 Å². The van der Waals surface area contributed by atoms with Crippen molar-refractivity contribution in [2.45, 2.75) is 32.7 Å².